The Bertz CT molecular complexity index is 780. The lowest BCUT2D eigenvalue weighted by Crippen LogP contribution is -2.38. The molecule has 22 heavy (non-hydrogen) atoms. The van der Waals surface area contributed by atoms with E-state index in [0.29, 0.717) is 31.0 Å². The molecule has 1 amide bonds. The molecule has 0 radical (unpaired) electrons. The van der Waals surface area contributed by atoms with Crippen molar-refractivity contribution >= 4 is 15.9 Å². The Kier molecular flexibility index (Phi) is 3.71. The SMILES string of the molecule is CS(=O)(=O)NCc1cn2c(n1)CN(C(=O)c1ccn[nH]1)CC2. The Morgan fingerprint density at radius 2 is 2.27 bits per heavy atom. The second kappa shape index (κ2) is 5.54. The number of amides is 1. The predicted octanol–water partition coefficient (Wildman–Crippen LogP) is -0.689. The monoisotopic (exact) mass is 324 g/mol. The molecular weight excluding hydrogens is 308 g/mol. The van der Waals surface area contributed by atoms with Crippen LogP contribution >= 0.6 is 0 Å². The molecule has 0 saturated heterocycles. The number of imidazole rings is 1. The molecule has 9 nitrogen and oxygen atoms in total. The number of hydrogen-bond acceptors (Lipinski definition) is 5. The van der Waals surface area contributed by atoms with Gasteiger partial charge in [0.05, 0.1) is 25.0 Å². The van der Waals surface area contributed by atoms with Gasteiger partial charge < -0.3 is 9.47 Å². The van der Waals surface area contributed by atoms with E-state index in [0.717, 1.165) is 12.1 Å². The topological polar surface area (TPSA) is 113 Å². The third-order valence-electron chi connectivity index (χ3n) is 3.39. The van der Waals surface area contributed by atoms with E-state index in [2.05, 4.69) is 19.9 Å². The molecule has 0 spiro atoms. The van der Waals surface area contributed by atoms with Crippen molar-refractivity contribution < 1.29 is 13.2 Å². The van der Waals surface area contributed by atoms with Crippen LogP contribution in [0.3, 0.4) is 0 Å². The van der Waals surface area contributed by atoms with Crippen molar-refractivity contribution in [2.75, 3.05) is 12.8 Å². The Labute approximate surface area is 127 Å². The summed E-state index contributed by atoms with van der Waals surface area (Å²) >= 11 is 0. The second-order valence-electron chi connectivity index (χ2n) is 5.13. The summed E-state index contributed by atoms with van der Waals surface area (Å²) in [6, 6.07) is 1.63. The molecule has 3 rings (SSSR count). The minimum absolute atomic E-state index is 0.123. The quantitative estimate of drug-likeness (QED) is 0.773. The predicted molar refractivity (Wildman–Crippen MR) is 77.2 cm³/mol. The molecule has 0 bridgehead atoms. The molecule has 2 aromatic heterocycles. The molecule has 0 atom stereocenters. The van der Waals surface area contributed by atoms with Gasteiger partial charge in [0.25, 0.3) is 5.91 Å². The zero-order valence-electron chi connectivity index (χ0n) is 12.0. The highest BCUT2D eigenvalue weighted by atomic mass is 32.2. The first-order chi connectivity index (χ1) is 10.4. The summed E-state index contributed by atoms with van der Waals surface area (Å²) in [6.07, 6.45) is 4.45. The summed E-state index contributed by atoms with van der Waals surface area (Å²) in [5.74, 6) is 0.618. The van der Waals surface area contributed by atoms with Gasteiger partial charge in [-0.1, -0.05) is 0 Å². The van der Waals surface area contributed by atoms with Crippen LogP contribution in [-0.2, 0) is 29.7 Å². The molecule has 2 N–H and O–H groups in total. The number of nitrogens with one attached hydrogen (secondary N) is 2. The summed E-state index contributed by atoms with van der Waals surface area (Å²) in [5.41, 5.74) is 1.08. The van der Waals surface area contributed by atoms with Crippen molar-refractivity contribution in [2.24, 2.45) is 0 Å². The second-order valence-corrected chi connectivity index (χ2v) is 6.97. The average molecular weight is 324 g/mol. The van der Waals surface area contributed by atoms with Crippen LogP contribution in [-0.4, -0.2) is 51.8 Å². The normalized spacial score (nSPS) is 14.9. The highest BCUT2D eigenvalue weighted by molar-refractivity contribution is 7.88. The van der Waals surface area contributed by atoms with Crippen LogP contribution in [0, 0.1) is 0 Å². The molecule has 1 aliphatic heterocycles. The van der Waals surface area contributed by atoms with Gasteiger partial charge in [-0.2, -0.15) is 5.10 Å². The molecule has 0 aromatic carbocycles. The Morgan fingerprint density at radius 3 is 2.95 bits per heavy atom. The lowest BCUT2D eigenvalue weighted by molar-refractivity contribution is 0.0701. The van der Waals surface area contributed by atoms with E-state index in [-0.39, 0.29) is 12.5 Å². The van der Waals surface area contributed by atoms with Crippen LogP contribution < -0.4 is 4.72 Å². The number of fused-ring (bicyclic) bond motifs is 1. The summed E-state index contributed by atoms with van der Waals surface area (Å²) in [5, 5.41) is 6.43. The summed E-state index contributed by atoms with van der Waals surface area (Å²) in [4.78, 5) is 18.3. The Balaban J connectivity index is 1.71. The van der Waals surface area contributed by atoms with Crippen molar-refractivity contribution in [3.63, 3.8) is 0 Å². The van der Waals surface area contributed by atoms with Crippen LogP contribution in [0.25, 0.3) is 0 Å². The Morgan fingerprint density at radius 1 is 1.45 bits per heavy atom. The number of hydrogen-bond donors (Lipinski definition) is 2. The number of carbonyl (C=O) groups is 1. The van der Waals surface area contributed by atoms with Gasteiger partial charge in [0.15, 0.2) is 0 Å². The molecule has 0 unspecified atom stereocenters. The number of H-pyrrole nitrogens is 1. The van der Waals surface area contributed by atoms with Crippen LogP contribution in [0.2, 0.25) is 0 Å². The number of rotatable bonds is 4. The molecule has 0 saturated carbocycles. The van der Waals surface area contributed by atoms with Crippen LogP contribution in [0.1, 0.15) is 22.0 Å². The third kappa shape index (κ3) is 3.17. The maximum Gasteiger partial charge on any atom is 0.272 e. The number of carbonyl (C=O) groups excluding carboxylic acids is 1. The maximum atomic E-state index is 12.3. The van der Waals surface area contributed by atoms with Crippen molar-refractivity contribution in [3.8, 4) is 0 Å². The smallest absolute Gasteiger partial charge is 0.272 e. The summed E-state index contributed by atoms with van der Waals surface area (Å²) < 4.78 is 26.6. The molecule has 1 aliphatic rings. The number of sulfonamides is 1. The van der Waals surface area contributed by atoms with Gasteiger partial charge in [0, 0.05) is 25.5 Å². The molecular formula is C12H16N6O3S. The molecule has 118 valence electrons. The maximum absolute atomic E-state index is 12.3. The summed E-state index contributed by atoms with van der Waals surface area (Å²) in [7, 11) is -3.25. The number of aromatic nitrogens is 4. The lowest BCUT2D eigenvalue weighted by Gasteiger charge is -2.27. The van der Waals surface area contributed by atoms with Crippen LogP contribution in [0.5, 0.6) is 0 Å². The largest absolute Gasteiger partial charge is 0.331 e. The van der Waals surface area contributed by atoms with Gasteiger partial charge in [-0.15, -0.1) is 0 Å². The first kappa shape index (κ1) is 14.7. The van der Waals surface area contributed by atoms with Crippen LogP contribution in [0.4, 0.5) is 0 Å². The average Bonchev–Trinajstić information content (AvgIpc) is 3.11. The van der Waals surface area contributed by atoms with Gasteiger partial charge in [-0.25, -0.2) is 18.1 Å². The summed E-state index contributed by atoms with van der Waals surface area (Å²) in [6.45, 7) is 1.73. The number of aromatic amines is 1. The van der Waals surface area contributed by atoms with Gasteiger partial charge in [-0.3, -0.25) is 9.89 Å². The van der Waals surface area contributed by atoms with Crippen molar-refractivity contribution in [1.29, 1.82) is 0 Å². The lowest BCUT2D eigenvalue weighted by atomic mass is 10.3. The van der Waals surface area contributed by atoms with E-state index in [1.165, 1.54) is 6.20 Å². The molecule has 10 heteroatoms. The molecule has 0 fully saturated rings. The minimum Gasteiger partial charge on any atom is -0.331 e. The van der Waals surface area contributed by atoms with Crippen molar-refractivity contribution in [3.05, 3.63) is 35.7 Å². The van der Waals surface area contributed by atoms with E-state index in [9.17, 15) is 13.2 Å². The van der Waals surface area contributed by atoms with Crippen LogP contribution in [0.15, 0.2) is 18.5 Å². The van der Waals surface area contributed by atoms with Gasteiger partial charge >= 0.3 is 0 Å². The molecule has 3 heterocycles. The van der Waals surface area contributed by atoms with E-state index in [1.807, 2.05) is 10.8 Å². The Hall–Kier alpha value is -2.20. The van der Waals surface area contributed by atoms with E-state index in [1.54, 1.807) is 11.0 Å². The molecule has 2 aromatic rings. The fraction of sp³-hybridized carbons (Fsp3) is 0.417. The fourth-order valence-electron chi connectivity index (χ4n) is 2.32. The zero-order chi connectivity index (χ0) is 15.7. The van der Waals surface area contributed by atoms with Crippen molar-refractivity contribution in [2.45, 2.75) is 19.6 Å². The standard InChI is InChI=1S/C12H16N6O3S/c1-22(20,21)14-6-9-7-17-4-5-18(8-11(17)15-9)12(19)10-2-3-13-16-10/h2-3,7,14H,4-6,8H2,1H3,(H,13,16). The van der Waals surface area contributed by atoms with Gasteiger partial charge in [0.2, 0.25) is 10.0 Å². The highest BCUT2D eigenvalue weighted by Crippen LogP contribution is 2.15. The van der Waals surface area contributed by atoms with Crippen molar-refractivity contribution in [1.82, 2.24) is 29.4 Å². The van der Waals surface area contributed by atoms with E-state index >= 15 is 0 Å². The van der Waals surface area contributed by atoms with E-state index in [4.69, 9.17) is 0 Å². The fourth-order valence-corrected chi connectivity index (χ4v) is 2.73. The van der Waals surface area contributed by atoms with E-state index < -0.39 is 10.0 Å². The highest BCUT2D eigenvalue weighted by Gasteiger charge is 2.24. The van der Waals surface area contributed by atoms with Gasteiger partial charge in [-0.05, 0) is 6.07 Å². The first-order valence-corrected chi connectivity index (χ1v) is 8.60. The molecule has 0 aliphatic carbocycles. The first-order valence-electron chi connectivity index (χ1n) is 6.70. The number of nitrogens with zero attached hydrogens (tertiary/aromatic N) is 4. The van der Waals surface area contributed by atoms with Gasteiger partial charge in [0.1, 0.15) is 11.5 Å². The third-order valence-corrected chi connectivity index (χ3v) is 4.05. The zero-order valence-corrected chi connectivity index (χ0v) is 12.8. The minimum atomic E-state index is -3.25.